The van der Waals surface area contributed by atoms with Crippen LogP contribution in [0.5, 0.6) is 0 Å². The molecule has 0 fully saturated rings. The lowest BCUT2D eigenvalue weighted by atomic mass is 9.81. The van der Waals surface area contributed by atoms with E-state index in [1.54, 1.807) is 0 Å². The zero-order chi connectivity index (χ0) is 12.8. The van der Waals surface area contributed by atoms with Crippen LogP contribution in [0.2, 0.25) is 0 Å². The molecule has 18 heavy (non-hydrogen) atoms. The summed E-state index contributed by atoms with van der Waals surface area (Å²) in [5, 5.41) is 0.251. The van der Waals surface area contributed by atoms with Crippen LogP contribution in [0.1, 0.15) is 68.4 Å². The first-order valence-electron chi connectivity index (χ1n) is 7.54. The van der Waals surface area contributed by atoms with Gasteiger partial charge >= 0.3 is 0 Å². The number of unbranched alkanes of at least 4 members (excludes halogenated alkanes) is 4. The van der Waals surface area contributed by atoms with E-state index in [4.69, 9.17) is 11.6 Å². The lowest BCUT2D eigenvalue weighted by Gasteiger charge is -2.29. The highest BCUT2D eigenvalue weighted by atomic mass is 35.5. The third kappa shape index (κ3) is 3.51. The van der Waals surface area contributed by atoms with Crippen molar-refractivity contribution in [2.75, 3.05) is 0 Å². The molecule has 0 aliphatic heterocycles. The topological polar surface area (TPSA) is 0 Å². The van der Waals surface area contributed by atoms with E-state index in [1.807, 2.05) is 0 Å². The number of halogens is 1. The molecule has 0 saturated carbocycles. The van der Waals surface area contributed by atoms with Gasteiger partial charge in [-0.1, -0.05) is 63.3 Å². The van der Waals surface area contributed by atoms with Gasteiger partial charge in [0.05, 0.1) is 5.38 Å². The predicted octanol–water partition coefficient (Wildman–Crippen LogP) is 5.89. The molecular weight excluding hydrogens is 240 g/mol. The fourth-order valence-electron chi connectivity index (χ4n) is 3.07. The van der Waals surface area contributed by atoms with E-state index in [2.05, 4.69) is 31.2 Å². The fourth-order valence-corrected chi connectivity index (χ4v) is 3.54. The van der Waals surface area contributed by atoms with Gasteiger partial charge in [0.25, 0.3) is 0 Å². The molecule has 0 radical (unpaired) electrons. The summed E-state index contributed by atoms with van der Waals surface area (Å²) in [7, 11) is 0. The van der Waals surface area contributed by atoms with Crippen LogP contribution in [0.15, 0.2) is 24.3 Å². The zero-order valence-electron chi connectivity index (χ0n) is 11.5. The molecule has 0 saturated heterocycles. The molecule has 2 unspecified atom stereocenters. The molecular formula is C17H25Cl. The average molecular weight is 265 g/mol. The van der Waals surface area contributed by atoms with Crippen molar-refractivity contribution < 1.29 is 0 Å². The minimum absolute atomic E-state index is 0.251. The van der Waals surface area contributed by atoms with E-state index in [-0.39, 0.29) is 5.38 Å². The first kappa shape index (κ1) is 13.9. The summed E-state index contributed by atoms with van der Waals surface area (Å²) < 4.78 is 0. The fraction of sp³-hybridized carbons (Fsp3) is 0.647. The van der Waals surface area contributed by atoms with Crippen LogP contribution in [0, 0.1) is 5.92 Å². The second kappa shape index (κ2) is 7.19. The summed E-state index contributed by atoms with van der Waals surface area (Å²) in [5.41, 5.74) is 2.86. The maximum Gasteiger partial charge on any atom is 0.0616 e. The molecule has 0 bridgehead atoms. The van der Waals surface area contributed by atoms with Crippen molar-refractivity contribution in [2.24, 2.45) is 5.92 Å². The van der Waals surface area contributed by atoms with Crippen molar-refractivity contribution in [3.8, 4) is 0 Å². The number of fused-ring (bicyclic) bond motifs is 1. The van der Waals surface area contributed by atoms with Gasteiger partial charge in [0.15, 0.2) is 0 Å². The third-order valence-corrected chi connectivity index (χ3v) is 4.82. The Morgan fingerprint density at radius 1 is 1.11 bits per heavy atom. The third-order valence-electron chi connectivity index (χ3n) is 4.23. The lowest BCUT2D eigenvalue weighted by molar-refractivity contribution is 0.394. The molecule has 1 aromatic carbocycles. The van der Waals surface area contributed by atoms with Crippen LogP contribution in [-0.2, 0) is 6.42 Å². The van der Waals surface area contributed by atoms with Crippen LogP contribution in [0.3, 0.4) is 0 Å². The summed E-state index contributed by atoms with van der Waals surface area (Å²) in [6.07, 6.45) is 10.7. The molecule has 2 rings (SSSR count). The van der Waals surface area contributed by atoms with Gasteiger partial charge < -0.3 is 0 Å². The maximum absolute atomic E-state index is 6.65. The quantitative estimate of drug-likeness (QED) is 0.444. The molecule has 1 aliphatic rings. The lowest BCUT2D eigenvalue weighted by Crippen LogP contribution is -2.17. The van der Waals surface area contributed by atoms with Crippen LogP contribution in [0.4, 0.5) is 0 Å². The monoisotopic (exact) mass is 264 g/mol. The van der Waals surface area contributed by atoms with Crippen molar-refractivity contribution in [1.29, 1.82) is 0 Å². The SMILES string of the molecule is CCCCCCCC1CCc2ccccc2C1Cl. The smallest absolute Gasteiger partial charge is 0.0616 e. The highest BCUT2D eigenvalue weighted by molar-refractivity contribution is 6.21. The van der Waals surface area contributed by atoms with Gasteiger partial charge in [-0.3, -0.25) is 0 Å². The van der Waals surface area contributed by atoms with Crippen molar-refractivity contribution in [3.63, 3.8) is 0 Å². The van der Waals surface area contributed by atoms with E-state index in [1.165, 1.54) is 62.5 Å². The van der Waals surface area contributed by atoms with Gasteiger partial charge in [0.1, 0.15) is 0 Å². The molecule has 0 heterocycles. The Balaban J connectivity index is 1.82. The highest BCUT2D eigenvalue weighted by Crippen LogP contribution is 2.41. The summed E-state index contributed by atoms with van der Waals surface area (Å²) in [5.74, 6) is 0.697. The maximum atomic E-state index is 6.65. The molecule has 100 valence electrons. The number of hydrogen-bond donors (Lipinski definition) is 0. The highest BCUT2D eigenvalue weighted by Gasteiger charge is 2.26. The minimum atomic E-state index is 0.251. The summed E-state index contributed by atoms with van der Waals surface area (Å²) in [6, 6.07) is 8.71. The molecule has 0 spiro atoms. The molecule has 0 amide bonds. The van der Waals surface area contributed by atoms with E-state index in [0.29, 0.717) is 5.92 Å². The Labute approximate surface area is 117 Å². The van der Waals surface area contributed by atoms with Crippen molar-refractivity contribution in [3.05, 3.63) is 35.4 Å². The molecule has 2 atom stereocenters. The van der Waals surface area contributed by atoms with E-state index in [9.17, 15) is 0 Å². The van der Waals surface area contributed by atoms with E-state index in [0.717, 1.165) is 0 Å². The standard InChI is InChI=1S/C17H25Cl/c1-2-3-4-5-6-10-15-13-12-14-9-7-8-11-16(14)17(15)18/h7-9,11,15,17H,2-6,10,12-13H2,1H3. The zero-order valence-corrected chi connectivity index (χ0v) is 12.3. The second-order valence-electron chi connectivity index (χ2n) is 5.60. The largest absolute Gasteiger partial charge is 0.118 e. The van der Waals surface area contributed by atoms with Crippen LogP contribution < -0.4 is 0 Å². The summed E-state index contributed by atoms with van der Waals surface area (Å²) >= 11 is 6.65. The normalized spacial score (nSPS) is 22.8. The Morgan fingerprint density at radius 2 is 1.89 bits per heavy atom. The van der Waals surface area contributed by atoms with Gasteiger partial charge in [-0.05, 0) is 36.3 Å². The first-order valence-corrected chi connectivity index (χ1v) is 7.98. The van der Waals surface area contributed by atoms with E-state index < -0.39 is 0 Å². The van der Waals surface area contributed by atoms with Crippen LogP contribution >= 0.6 is 11.6 Å². The van der Waals surface area contributed by atoms with Crippen molar-refractivity contribution in [2.45, 2.75) is 63.7 Å². The Kier molecular flexibility index (Phi) is 5.56. The molecule has 0 N–H and O–H groups in total. The molecule has 0 aromatic heterocycles. The Hall–Kier alpha value is -0.490. The molecule has 1 heteroatoms. The van der Waals surface area contributed by atoms with Gasteiger partial charge in [-0.15, -0.1) is 11.6 Å². The summed E-state index contributed by atoms with van der Waals surface area (Å²) in [4.78, 5) is 0. The first-order chi connectivity index (χ1) is 8.83. The Bertz CT molecular complexity index is 358. The predicted molar refractivity (Wildman–Crippen MR) is 80.2 cm³/mol. The number of benzene rings is 1. The minimum Gasteiger partial charge on any atom is -0.118 e. The van der Waals surface area contributed by atoms with Crippen LogP contribution in [0.25, 0.3) is 0 Å². The number of hydrogen-bond acceptors (Lipinski definition) is 0. The Morgan fingerprint density at radius 3 is 2.72 bits per heavy atom. The van der Waals surface area contributed by atoms with Crippen molar-refractivity contribution in [1.82, 2.24) is 0 Å². The summed E-state index contributed by atoms with van der Waals surface area (Å²) in [6.45, 7) is 2.27. The van der Waals surface area contributed by atoms with Gasteiger partial charge in [0.2, 0.25) is 0 Å². The number of rotatable bonds is 6. The molecule has 1 aromatic rings. The van der Waals surface area contributed by atoms with Gasteiger partial charge in [-0.2, -0.15) is 0 Å². The molecule has 0 nitrogen and oxygen atoms in total. The number of alkyl halides is 1. The number of aryl methyl sites for hydroxylation is 1. The van der Waals surface area contributed by atoms with Gasteiger partial charge in [-0.25, -0.2) is 0 Å². The van der Waals surface area contributed by atoms with Gasteiger partial charge in [0, 0.05) is 0 Å². The average Bonchev–Trinajstić information content (AvgIpc) is 2.41. The van der Waals surface area contributed by atoms with Crippen molar-refractivity contribution >= 4 is 11.6 Å². The van der Waals surface area contributed by atoms with Crippen LogP contribution in [-0.4, -0.2) is 0 Å². The van der Waals surface area contributed by atoms with E-state index >= 15 is 0 Å². The second-order valence-corrected chi connectivity index (χ2v) is 6.07. The molecule has 1 aliphatic carbocycles.